The average molecular weight is 321 g/mol. The van der Waals surface area contributed by atoms with Gasteiger partial charge in [-0.1, -0.05) is 61.7 Å². The highest BCUT2D eigenvalue weighted by Gasteiger charge is 2.18. The van der Waals surface area contributed by atoms with Gasteiger partial charge < -0.3 is 0 Å². The molecule has 0 aliphatic heterocycles. The van der Waals surface area contributed by atoms with E-state index in [-0.39, 0.29) is 5.41 Å². The van der Waals surface area contributed by atoms with Crippen molar-refractivity contribution in [1.82, 2.24) is 9.97 Å². The first-order valence-electron chi connectivity index (χ1n) is 6.99. The predicted molar refractivity (Wildman–Crippen MR) is 91.2 cm³/mol. The summed E-state index contributed by atoms with van der Waals surface area (Å²) >= 11 is 7.82. The van der Waals surface area contributed by atoms with Crippen LogP contribution >= 0.6 is 23.4 Å². The number of hydrogen-bond acceptors (Lipinski definition) is 3. The van der Waals surface area contributed by atoms with Crippen molar-refractivity contribution in [1.29, 1.82) is 0 Å². The van der Waals surface area contributed by atoms with Crippen molar-refractivity contribution >= 4 is 23.4 Å². The normalized spacial score (nSPS) is 11.7. The van der Waals surface area contributed by atoms with Crippen LogP contribution in [0.1, 0.15) is 43.3 Å². The van der Waals surface area contributed by atoms with Crippen molar-refractivity contribution in [2.45, 2.75) is 50.8 Å². The molecule has 4 heteroatoms. The van der Waals surface area contributed by atoms with E-state index in [1.165, 1.54) is 16.7 Å². The van der Waals surface area contributed by atoms with Crippen LogP contribution in [0.2, 0.25) is 5.15 Å². The van der Waals surface area contributed by atoms with Crippen LogP contribution in [0, 0.1) is 13.8 Å². The third-order valence-corrected chi connectivity index (χ3v) is 4.19. The van der Waals surface area contributed by atoms with E-state index < -0.39 is 0 Å². The average Bonchev–Trinajstić information content (AvgIpc) is 2.33. The summed E-state index contributed by atoms with van der Waals surface area (Å²) in [6, 6.07) is 8.46. The van der Waals surface area contributed by atoms with Gasteiger partial charge in [-0.25, -0.2) is 9.97 Å². The van der Waals surface area contributed by atoms with Crippen molar-refractivity contribution in [3.8, 4) is 0 Å². The molecule has 0 bridgehead atoms. The Hall–Kier alpha value is -1.06. The first kappa shape index (κ1) is 16.3. The molecule has 2 rings (SSSR count). The monoisotopic (exact) mass is 320 g/mol. The fourth-order valence-electron chi connectivity index (χ4n) is 2.12. The zero-order chi connectivity index (χ0) is 15.6. The van der Waals surface area contributed by atoms with E-state index in [1.807, 2.05) is 6.07 Å². The van der Waals surface area contributed by atoms with Gasteiger partial charge in [-0.05, 0) is 19.4 Å². The summed E-state index contributed by atoms with van der Waals surface area (Å²) < 4.78 is 0. The van der Waals surface area contributed by atoms with Gasteiger partial charge in [-0.3, -0.25) is 0 Å². The summed E-state index contributed by atoms with van der Waals surface area (Å²) in [6.45, 7) is 10.5. The Morgan fingerprint density at radius 1 is 1.00 bits per heavy atom. The molecule has 0 spiro atoms. The fraction of sp³-hybridized carbons (Fsp3) is 0.412. The summed E-state index contributed by atoms with van der Waals surface area (Å²) in [5.74, 6) is 1.68. The van der Waals surface area contributed by atoms with E-state index in [4.69, 9.17) is 11.6 Å². The largest absolute Gasteiger partial charge is 0.226 e. The number of hydrogen-bond donors (Lipinski definition) is 0. The maximum absolute atomic E-state index is 6.12. The van der Waals surface area contributed by atoms with Crippen LogP contribution in [0.3, 0.4) is 0 Å². The molecule has 0 saturated carbocycles. The van der Waals surface area contributed by atoms with Gasteiger partial charge in [0.1, 0.15) is 16.0 Å². The Morgan fingerprint density at radius 3 is 2.19 bits per heavy atom. The van der Waals surface area contributed by atoms with E-state index in [2.05, 4.69) is 62.8 Å². The highest BCUT2D eigenvalue weighted by atomic mass is 35.5. The second-order valence-electron chi connectivity index (χ2n) is 6.39. The molecule has 0 fully saturated rings. The molecule has 21 heavy (non-hydrogen) atoms. The standard InChI is InChI=1S/C17H21ClN2S/c1-11-6-12(2)8-13(7-11)10-21-15-9-14(18)19-16(20-15)17(3,4)5/h6-9H,10H2,1-5H3. The van der Waals surface area contributed by atoms with E-state index in [0.717, 1.165) is 16.6 Å². The van der Waals surface area contributed by atoms with E-state index >= 15 is 0 Å². The van der Waals surface area contributed by atoms with Gasteiger partial charge in [0.2, 0.25) is 0 Å². The molecule has 2 nitrogen and oxygen atoms in total. The molecule has 0 unspecified atom stereocenters. The first-order valence-corrected chi connectivity index (χ1v) is 8.35. The molecule has 0 radical (unpaired) electrons. The highest BCUT2D eigenvalue weighted by Crippen LogP contribution is 2.27. The van der Waals surface area contributed by atoms with Crippen LogP contribution in [0.5, 0.6) is 0 Å². The smallest absolute Gasteiger partial charge is 0.136 e. The van der Waals surface area contributed by atoms with Crippen molar-refractivity contribution < 1.29 is 0 Å². The lowest BCUT2D eigenvalue weighted by Crippen LogP contribution is -2.16. The minimum atomic E-state index is -0.0971. The number of rotatable bonds is 3. The van der Waals surface area contributed by atoms with Crippen LogP contribution in [0.15, 0.2) is 29.3 Å². The van der Waals surface area contributed by atoms with Crippen molar-refractivity contribution in [3.05, 3.63) is 51.9 Å². The molecule has 0 aliphatic carbocycles. The number of aromatic nitrogens is 2. The summed E-state index contributed by atoms with van der Waals surface area (Å²) in [7, 11) is 0. The quantitative estimate of drug-likeness (QED) is 0.564. The molecule has 2 aromatic rings. The second kappa shape index (κ2) is 6.37. The topological polar surface area (TPSA) is 25.8 Å². The Bertz CT molecular complexity index is 627. The molecule has 0 N–H and O–H groups in total. The Balaban J connectivity index is 2.18. The molecule has 0 aliphatic rings. The van der Waals surface area contributed by atoms with Crippen LogP contribution < -0.4 is 0 Å². The Kier molecular flexibility index (Phi) is 4.95. The molecule has 1 heterocycles. The molecule has 0 saturated heterocycles. The van der Waals surface area contributed by atoms with Gasteiger partial charge in [0, 0.05) is 17.2 Å². The molecule has 1 aromatic heterocycles. The van der Waals surface area contributed by atoms with Gasteiger partial charge >= 0.3 is 0 Å². The van der Waals surface area contributed by atoms with Crippen LogP contribution in [-0.2, 0) is 11.2 Å². The molecule has 112 valence electrons. The van der Waals surface area contributed by atoms with E-state index in [0.29, 0.717) is 5.15 Å². The SMILES string of the molecule is Cc1cc(C)cc(CSc2cc(Cl)nc(C(C)(C)C)n2)c1. The van der Waals surface area contributed by atoms with Crippen LogP contribution in [-0.4, -0.2) is 9.97 Å². The van der Waals surface area contributed by atoms with Gasteiger partial charge in [0.15, 0.2) is 0 Å². The Labute approximate surface area is 136 Å². The Morgan fingerprint density at radius 2 is 1.62 bits per heavy atom. The number of halogens is 1. The zero-order valence-electron chi connectivity index (χ0n) is 13.2. The van der Waals surface area contributed by atoms with E-state index in [1.54, 1.807) is 11.8 Å². The van der Waals surface area contributed by atoms with E-state index in [9.17, 15) is 0 Å². The maximum Gasteiger partial charge on any atom is 0.136 e. The lowest BCUT2D eigenvalue weighted by molar-refractivity contribution is 0.538. The lowest BCUT2D eigenvalue weighted by atomic mass is 9.96. The van der Waals surface area contributed by atoms with Crippen molar-refractivity contribution in [2.75, 3.05) is 0 Å². The predicted octanol–water partition coefficient (Wildman–Crippen LogP) is 5.34. The van der Waals surface area contributed by atoms with Crippen molar-refractivity contribution in [3.63, 3.8) is 0 Å². The fourth-order valence-corrected chi connectivity index (χ4v) is 3.19. The summed E-state index contributed by atoms with van der Waals surface area (Å²) in [5, 5.41) is 1.44. The molecule has 0 atom stereocenters. The van der Waals surface area contributed by atoms with Gasteiger partial charge in [-0.2, -0.15) is 0 Å². The lowest BCUT2D eigenvalue weighted by Gasteiger charge is -2.17. The molecule has 1 aromatic carbocycles. The summed E-state index contributed by atoms with van der Waals surface area (Å²) in [4.78, 5) is 8.96. The van der Waals surface area contributed by atoms with Gasteiger partial charge in [-0.15, -0.1) is 11.8 Å². The van der Waals surface area contributed by atoms with Crippen molar-refractivity contribution in [2.24, 2.45) is 0 Å². The number of aryl methyl sites for hydroxylation is 2. The molecule has 0 amide bonds. The maximum atomic E-state index is 6.12. The van der Waals surface area contributed by atoms with Crippen LogP contribution in [0.25, 0.3) is 0 Å². The second-order valence-corrected chi connectivity index (χ2v) is 7.77. The molecular formula is C17H21ClN2S. The molecular weight excluding hydrogens is 300 g/mol. The number of nitrogens with zero attached hydrogens (tertiary/aromatic N) is 2. The highest BCUT2D eigenvalue weighted by molar-refractivity contribution is 7.98. The van der Waals surface area contributed by atoms with Gasteiger partial charge in [0.25, 0.3) is 0 Å². The number of thioether (sulfide) groups is 1. The number of benzene rings is 1. The zero-order valence-corrected chi connectivity index (χ0v) is 14.8. The third-order valence-electron chi connectivity index (χ3n) is 3.01. The van der Waals surface area contributed by atoms with Crippen LogP contribution in [0.4, 0.5) is 0 Å². The summed E-state index contributed by atoms with van der Waals surface area (Å²) in [6.07, 6.45) is 0. The third kappa shape index (κ3) is 4.72. The summed E-state index contributed by atoms with van der Waals surface area (Å²) in [5.41, 5.74) is 3.80. The van der Waals surface area contributed by atoms with Gasteiger partial charge in [0.05, 0.1) is 0 Å². The first-order chi connectivity index (χ1) is 9.74. The minimum absolute atomic E-state index is 0.0971. The minimum Gasteiger partial charge on any atom is -0.226 e.